The summed E-state index contributed by atoms with van der Waals surface area (Å²) in [6.07, 6.45) is 20.6. The predicted molar refractivity (Wildman–Crippen MR) is 69.6 cm³/mol. The number of rotatable bonds is 2. The van der Waals surface area contributed by atoms with E-state index in [0.717, 1.165) is 5.92 Å². The molecular weight excluding hydrogens is 283 g/mol. The molecule has 88 valence electrons. The maximum atomic E-state index is 2.55. The van der Waals surface area contributed by atoms with Crippen LogP contribution in [0.1, 0.15) is 33.1 Å². The minimum atomic E-state index is -0.492. The number of hydrogen-bond acceptors (Lipinski definition) is 0. The van der Waals surface area contributed by atoms with Crippen LogP contribution in [-0.4, -0.2) is 0 Å². The summed E-state index contributed by atoms with van der Waals surface area (Å²) < 4.78 is 1.04. The minimum absolute atomic E-state index is 0.453. The van der Waals surface area contributed by atoms with Crippen molar-refractivity contribution in [3.63, 3.8) is 0 Å². The van der Waals surface area contributed by atoms with Gasteiger partial charge in [-0.05, 0) is 0 Å². The Balaban J connectivity index is 1.86. The summed E-state index contributed by atoms with van der Waals surface area (Å²) in [5, 5.41) is 0. The van der Waals surface area contributed by atoms with E-state index in [2.05, 4.69) is 56.4 Å². The molecule has 0 radical (unpaired) electrons. The topological polar surface area (TPSA) is 0 Å². The van der Waals surface area contributed by atoms with Gasteiger partial charge in [0, 0.05) is 0 Å². The van der Waals surface area contributed by atoms with Crippen molar-refractivity contribution >= 4 is 0 Å². The molecule has 0 heterocycles. The first kappa shape index (κ1) is 11.9. The average Bonchev–Trinajstić information content (AvgIpc) is 2.86. The molecule has 3 rings (SSSR count). The summed E-state index contributed by atoms with van der Waals surface area (Å²) in [6, 6.07) is 0. The van der Waals surface area contributed by atoms with Crippen LogP contribution in [0.5, 0.6) is 0 Å². The molecule has 0 spiro atoms. The molecule has 1 saturated carbocycles. The van der Waals surface area contributed by atoms with Gasteiger partial charge in [0.25, 0.3) is 0 Å². The molecule has 0 aliphatic heterocycles. The van der Waals surface area contributed by atoms with Gasteiger partial charge in [0.05, 0.1) is 0 Å². The molecule has 0 N–H and O–H groups in total. The third-order valence-electron chi connectivity index (χ3n) is 4.44. The second-order valence-electron chi connectivity index (χ2n) is 5.98. The Labute approximate surface area is 116 Å². The van der Waals surface area contributed by atoms with Gasteiger partial charge in [0.15, 0.2) is 0 Å². The van der Waals surface area contributed by atoms with E-state index in [1.165, 1.54) is 19.3 Å². The Morgan fingerprint density at radius 2 is 1.94 bits per heavy atom. The molecule has 0 aromatic carbocycles. The SMILES string of the molecule is C[C]1([Zr][C]2(C)CCC3CC=CC=C32)C=CC=C1. The monoisotopic (exact) mass is 302 g/mol. The van der Waals surface area contributed by atoms with Gasteiger partial charge in [-0.15, -0.1) is 0 Å². The first-order valence-electron chi connectivity index (χ1n) is 6.65. The summed E-state index contributed by atoms with van der Waals surface area (Å²) in [4.78, 5) is 0. The van der Waals surface area contributed by atoms with Crippen molar-refractivity contribution < 1.29 is 23.2 Å². The molecule has 2 atom stereocenters. The van der Waals surface area contributed by atoms with Crippen LogP contribution in [0.3, 0.4) is 0 Å². The Hall–Kier alpha value is -0.157. The summed E-state index contributed by atoms with van der Waals surface area (Å²) in [5.74, 6) is 0.879. The Morgan fingerprint density at radius 3 is 2.71 bits per heavy atom. The zero-order chi connectivity index (χ0) is 11.9. The molecule has 1 fully saturated rings. The summed E-state index contributed by atoms with van der Waals surface area (Å²) >= 11 is -0.492. The fourth-order valence-corrected chi connectivity index (χ4v) is 9.10. The van der Waals surface area contributed by atoms with E-state index in [1.54, 1.807) is 5.57 Å². The molecule has 0 aromatic rings. The van der Waals surface area contributed by atoms with Gasteiger partial charge in [-0.1, -0.05) is 0 Å². The standard InChI is InChI=1S/C10H13.C6H7.Zr/c1-8-6-7-9-4-2-3-5-10(8)9;1-6-4-2-3-5-6;/h2-3,5,9H,4,6-7H2,1H3;2-5H,1H3;. The molecule has 0 saturated heterocycles. The van der Waals surface area contributed by atoms with Crippen LogP contribution in [0.2, 0.25) is 6.25 Å². The van der Waals surface area contributed by atoms with Crippen LogP contribution in [0.15, 0.2) is 48.1 Å². The average molecular weight is 304 g/mol. The van der Waals surface area contributed by atoms with Gasteiger partial charge in [0.1, 0.15) is 0 Å². The fraction of sp³-hybridized carbons (Fsp3) is 0.500. The van der Waals surface area contributed by atoms with E-state index in [0.29, 0.717) is 6.25 Å². The number of allylic oxidation sites excluding steroid dienone is 8. The summed E-state index contributed by atoms with van der Waals surface area (Å²) in [7, 11) is 0. The van der Waals surface area contributed by atoms with Gasteiger partial charge >= 0.3 is 117 Å². The quantitative estimate of drug-likeness (QED) is 0.684. The second-order valence-corrected chi connectivity index (χ2v) is 12.0. The van der Waals surface area contributed by atoms with Crippen LogP contribution < -0.4 is 0 Å². The molecule has 3 aliphatic carbocycles. The van der Waals surface area contributed by atoms with E-state index < -0.39 is 23.2 Å². The van der Waals surface area contributed by atoms with Crippen LogP contribution in [-0.2, 0) is 23.2 Å². The van der Waals surface area contributed by atoms with Crippen molar-refractivity contribution in [2.24, 2.45) is 5.92 Å². The van der Waals surface area contributed by atoms with Crippen LogP contribution >= 0.6 is 0 Å². The zero-order valence-electron chi connectivity index (χ0n) is 10.7. The molecule has 0 bridgehead atoms. The molecule has 2 unspecified atom stereocenters. The van der Waals surface area contributed by atoms with Crippen LogP contribution in [0, 0.1) is 5.92 Å². The van der Waals surface area contributed by atoms with Crippen molar-refractivity contribution in [1.82, 2.24) is 0 Å². The number of fused-ring (bicyclic) bond motifs is 1. The molecule has 3 aliphatic rings. The molecule has 17 heavy (non-hydrogen) atoms. The van der Waals surface area contributed by atoms with Gasteiger partial charge in [-0.3, -0.25) is 0 Å². The molecule has 0 amide bonds. The van der Waals surface area contributed by atoms with Crippen LogP contribution in [0.4, 0.5) is 0 Å². The molecule has 1 heteroatoms. The van der Waals surface area contributed by atoms with Gasteiger partial charge < -0.3 is 0 Å². The van der Waals surface area contributed by atoms with Crippen molar-refractivity contribution in [2.45, 2.75) is 39.4 Å². The third kappa shape index (κ3) is 2.12. The van der Waals surface area contributed by atoms with E-state index in [1.807, 2.05) is 0 Å². The second kappa shape index (κ2) is 4.20. The van der Waals surface area contributed by atoms with Crippen LogP contribution in [0.25, 0.3) is 0 Å². The molecule has 0 nitrogen and oxygen atoms in total. The van der Waals surface area contributed by atoms with E-state index in [4.69, 9.17) is 0 Å². The first-order valence-corrected chi connectivity index (χ1v) is 9.11. The maximum absolute atomic E-state index is 2.55. The first-order chi connectivity index (χ1) is 8.11. The normalized spacial score (nSPS) is 37.1. The zero-order valence-corrected chi connectivity index (χ0v) is 13.2. The molecule has 0 aromatic heterocycles. The number of hydrogen-bond donors (Lipinski definition) is 0. The van der Waals surface area contributed by atoms with E-state index in [-0.39, 0.29) is 0 Å². The van der Waals surface area contributed by atoms with E-state index in [9.17, 15) is 0 Å². The van der Waals surface area contributed by atoms with Gasteiger partial charge in [-0.2, -0.15) is 0 Å². The fourth-order valence-electron chi connectivity index (χ4n) is 3.57. The van der Waals surface area contributed by atoms with Crippen molar-refractivity contribution in [1.29, 1.82) is 0 Å². The Kier molecular flexibility index (Phi) is 2.94. The Bertz CT molecular complexity index is 426. The van der Waals surface area contributed by atoms with Crippen molar-refractivity contribution in [3.8, 4) is 0 Å². The van der Waals surface area contributed by atoms with Crippen molar-refractivity contribution in [3.05, 3.63) is 48.1 Å². The summed E-state index contributed by atoms with van der Waals surface area (Å²) in [5.41, 5.74) is 1.79. The van der Waals surface area contributed by atoms with E-state index >= 15 is 0 Å². The predicted octanol–water partition coefficient (Wildman–Crippen LogP) is 4.85. The molecular formula is C16H20Zr. The van der Waals surface area contributed by atoms with Gasteiger partial charge in [0.2, 0.25) is 0 Å². The Morgan fingerprint density at radius 1 is 1.18 bits per heavy atom. The summed E-state index contributed by atoms with van der Waals surface area (Å²) in [6.45, 7) is 4.99. The third-order valence-corrected chi connectivity index (χ3v) is 9.27. The van der Waals surface area contributed by atoms with Crippen molar-refractivity contribution in [2.75, 3.05) is 0 Å². The van der Waals surface area contributed by atoms with Gasteiger partial charge in [-0.25, -0.2) is 0 Å².